The molecule has 2 aromatic carbocycles. The lowest BCUT2D eigenvalue weighted by atomic mass is 10.0. The lowest BCUT2D eigenvalue weighted by molar-refractivity contribution is 0.0913. The number of anilines is 1. The fourth-order valence-electron chi connectivity index (χ4n) is 5.59. The monoisotopic (exact) mass is 518 g/mol. The molecule has 1 unspecified atom stereocenters. The number of nitrogens with zero attached hydrogens (tertiary/aromatic N) is 6. The number of nitriles is 1. The molecule has 0 amide bonds. The van der Waals surface area contributed by atoms with E-state index in [1.54, 1.807) is 0 Å². The summed E-state index contributed by atoms with van der Waals surface area (Å²) in [6.07, 6.45) is 1.53. The molecule has 0 saturated carbocycles. The summed E-state index contributed by atoms with van der Waals surface area (Å²) in [6, 6.07) is 16.2. The molecule has 8 heteroatoms. The number of hydrogen-bond donors (Lipinski definition) is 1. The Balaban J connectivity index is 1.29. The topological polar surface area (TPSA) is 71.6 Å². The number of aliphatic hydroxyl groups excluding tert-OH is 1. The first kappa shape index (κ1) is 25.7. The van der Waals surface area contributed by atoms with Crippen LogP contribution in [0.1, 0.15) is 28.8 Å². The number of hydrogen-bond acceptors (Lipinski definition) is 6. The number of fused-ring (bicyclic) bond motifs is 1. The molecule has 194 valence electrons. The Labute approximate surface area is 224 Å². The number of rotatable bonds is 6. The summed E-state index contributed by atoms with van der Waals surface area (Å²) in [5, 5.41) is 26.4. The third kappa shape index (κ3) is 5.68. The van der Waals surface area contributed by atoms with Crippen LogP contribution in [0, 0.1) is 18.3 Å². The number of aryl methyl sites for hydroxylation is 1. The summed E-state index contributed by atoms with van der Waals surface area (Å²) < 4.78 is 2.05. The zero-order valence-electron chi connectivity index (χ0n) is 21.7. The van der Waals surface area contributed by atoms with E-state index in [4.69, 9.17) is 16.7 Å². The Kier molecular flexibility index (Phi) is 7.82. The first-order chi connectivity index (χ1) is 17.9. The van der Waals surface area contributed by atoms with Crippen molar-refractivity contribution in [1.82, 2.24) is 19.6 Å². The largest absolute Gasteiger partial charge is 0.390 e. The van der Waals surface area contributed by atoms with E-state index in [0.717, 1.165) is 79.6 Å². The Morgan fingerprint density at radius 2 is 1.86 bits per heavy atom. The highest BCUT2D eigenvalue weighted by Gasteiger charge is 2.26. The highest BCUT2D eigenvalue weighted by Crippen LogP contribution is 2.32. The van der Waals surface area contributed by atoms with Gasteiger partial charge < -0.3 is 14.9 Å². The second kappa shape index (κ2) is 11.2. The highest BCUT2D eigenvalue weighted by molar-refractivity contribution is 6.31. The van der Waals surface area contributed by atoms with Gasteiger partial charge in [0.25, 0.3) is 0 Å². The molecule has 0 aliphatic carbocycles. The van der Waals surface area contributed by atoms with E-state index in [9.17, 15) is 10.4 Å². The Morgan fingerprint density at radius 3 is 2.62 bits per heavy atom. The lowest BCUT2D eigenvalue weighted by Gasteiger charge is -2.37. The van der Waals surface area contributed by atoms with Crippen molar-refractivity contribution in [2.75, 3.05) is 51.2 Å². The van der Waals surface area contributed by atoms with Gasteiger partial charge in [0.15, 0.2) is 0 Å². The van der Waals surface area contributed by atoms with E-state index < -0.39 is 6.10 Å². The molecule has 2 aliphatic heterocycles. The van der Waals surface area contributed by atoms with Crippen LogP contribution < -0.4 is 4.90 Å². The standard InChI is InChI=1S/C29H35ClN6O/c1-21-16-22(9-10-26(21)30)29-25-20-33(2)11-5-8-28(25)36(32-29)19-24(37)18-34-12-14-35(15-13-34)27-7-4-3-6-23(27)17-31/h3-4,6-7,9-10,16,24,37H,5,8,11-15,18-20H2,1-2H3. The van der Waals surface area contributed by atoms with Gasteiger partial charge in [-0.25, -0.2) is 0 Å². The zero-order valence-corrected chi connectivity index (χ0v) is 22.5. The third-order valence-electron chi connectivity index (χ3n) is 7.57. The maximum absolute atomic E-state index is 11.1. The maximum Gasteiger partial charge on any atom is 0.101 e. The minimum absolute atomic E-state index is 0.482. The number of β-amino-alcohol motifs (C(OH)–C–C–N with tert-alkyl or cyclic N) is 1. The first-order valence-corrected chi connectivity index (χ1v) is 13.5. The van der Waals surface area contributed by atoms with Crippen LogP contribution in [0.2, 0.25) is 5.02 Å². The molecule has 37 heavy (non-hydrogen) atoms. The van der Waals surface area contributed by atoms with Gasteiger partial charge in [0.2, 0.25) is 0 Å². The van der Waals surface area contributed by atoms with E-state index in [2.05, 4.69) is 38.6 Å². The molecule has 7 nitrogen and oxygen atoms in total. The fraction of sp³-hybridized carbons (Fsp3) is 0.448. The minimum Gasteiger partial charge on any atom is -0.390 e. The van der Waals surface area contributed by atoms with Crippen molar-refractivity contribution < 1.29 is 5.11 Å². The zero-order chi connectivity index (χ0) is 25.9. The average Bonchev–Trinajstić information content (AvgIpc) is 3.09. The fourth-order valence-corrected chi connectivity index (χ4v) is 5.71. The summed E-state index contributed by atoms with van der Waals surface area (Å²) in [4.78, 5) is 6.94. The van der Waals surface area contributed by atoms with Gasteiger partial charge in [0.05, 0.1) is 29.6 Å². The second-order valence-corrected chi connectivity index (χ2v) is 10.7. The van der Waals surface area contributed by atoms with Crippen molar-refractivity contribution >= 4 is 17.3 Å². The molecule has 0 bridgehead atoms. The molecule has 3 aromatic rings. The quantitative estimate of drug-likeness (QED) is 0.533. The number of piperazine rings is 1. The van der Waals surface area contributed by atoms with E-state index in [0.29, 0.717) is 18.7 Å². The molecular weight excluding hydrogens is 484 g/mol. The van der Waals surface area contributed by atoms with Crippen LogP contribution >= 0.6 is 11.6 Å². The molecule has 3 heterocycles. The molecular formula is C29H35ClN6O. The van der Waals surface area contributed by atoms with Crippen molar-refractivity contribution in [2.24, 2.45) is 0 Å². The van der Waals surface area contributed by atoms with Crippen molar-refractivity contribution in [2.45, 2.75) is 39.0 Å². The number of halogens is 1. The predicted molar refractivity (Wildman–Crippen MR) is 148 cm³/mol. The molecule has 5 rings (SSSR count). The average molecular weight is 519 g/mol. The first-order valence-electron chi connectivity index (χ1n) is 13.1. The van der Waals surface area contributed by atoms with Gasteiger partial charge in [0, 0.05) is 61.1 Å². The number of benzene rings is 2. The molecule has 0 spiro atoms. The molecule has 2 aliphatic rings. The highest BCUT2D eigenvalue weighted by atomic mass is 35.5. The summed E-state index contributed by atoms with van der Waals surface area (Å²) in [5.41, 5.74) is 7.34. The number of aliphatic hydroxyl groups is 1. The smallest absolute Gasteiger partial charge is 0.101 e. The van der Waals surface area contributed by atoms with Gasteiger partial charge in [0.1, 0.15) is 6.07 Å². The van der Waals surface area contributed by atoms with Crippen LogP contribution in [-0.4, -0.2) is 77.1 Å². The molecule has 1 N–H and O–H groups in total. The van der Waals surface area contributed by atoms with Gasteiger partial charge in [-0.2, -0.15) is 10.4 Å². The van der Waals surface area contributed by atoms with Crippen LogP contribution in [0.3, 0.4) is 0 Å². The number of aromatic nitrogens is 2. The normalized spacial score (nSPS) is 17.8. The van der Waals surface area contributed by atoms with E-state index >= 15 is 0 Å². The van der Waals surface area contributed by atoms with Gasteiger partial charge in [-0.15, -0.1) is 0 Å². The van der Waals surface area contributed by atoms with Crippen molar-refractivity contribution in [1.29, 1.82) is 5.26 Å². The third-order valence-corrected chi connectivity index (χ3v) is 7.99. The van der Waals surface area contributed by atoms with E-state index in [-0.39, 0.29) is 0 Å². The van der Waals surface area contributed by atoms with Gasteiger partial charge >= 0.3 is 0 Å². The summed E-state index contributed by atoms with van der Waals surface area (Å²) >= 11 is 6.30. The molecule has 1 aromatic heterocycles. The van der Waals surface area contributed by atoms with Crippen LogP contribution in [0.5, 0.6) is 0 Å². The SMILES string of the molecule is Cc1cc(-c2nn(CC(O)CN3CCN(c4ccccc4C#N)CC3)c3c2CN(C)CCC3)ccc1Cl. The van der Waals surface area contributed by atoms with Crippen LogP contribution in [0.25, 0.3) is 11.3 Å². The van der Waals surface area contributed by atoms with Gasteiger partial charge in [-0.1, -0.05) is 29.8 Å². The van der Waals surface area contributed by atoms with Crippen molar-refractivity contribution in [3.63, 3.8) is 0 Å². The van der Waals surface area contributed by atoms with Crippen LogP contribution in [0.4, 0.5) is 5.69 Å². The molecule has 0 radical (unpaired) electrons. The minimum atomic E-state index is -0.511. The Hall–Kier alpha value is -2.89. The van der Waals surface area contributed by atoms with E-state index in [1.807, 2.05) is 43.3 Å². The molecule has 1 saturated heterocycles. The lowest BCUT2D eigenvalue weighted by Crippen LogP contribution is -2.49. The summed E-state index contributed by atoms with van der Waals surface area (Å²) in [6.45, 7) is 8.42. The van der Waals surface area contributed by atoms with Crippen molar-refractivity contribution in [3.8, 4) is 17.3 Å². The van der Waals surface area contributed by atoms with Crippen LogP contribution in [0.15, 0.2) is 42.5 Å². The van der Waals surface area contributed by atoms with Gasteiger partial charge in [-0.3, -0.25) is 9.58 Å². The molecule has 1 atom stereocenters. The van der Waals surface area contributed by atoms with E-state index in [1.165, 1.54) is 11.3 Å². The molecule has 1 fully saturated rings. The summed E-state index contributed by atoms with van der Waals surface area (Å²) in [5.74, 6) is 0. The second-order valence-electron chi connectivity index (χ2n) is 10.3. The Morgan fingerprint density at radius 1 is 1.08 bits per heavy atom. The van der Waals surface area contributed by atoms with Gasteiger partial charge in [-0.05, 0) is 63.2 Å². The number of para-hydroxylation sites is 1. The summed E-state index contributed by atoms with van der Waals surface area (Å²) in [7, 11) is 2.16. The predicted octanol–water partition coefficient (Wildman–Crippen LogP) is 3.94. The maximum atomic E-state index is 11.1. The van der Waals surface area contributed by atoms with Crippen LogP contribution in [-0.2, 0) is 19.5 Å². The van der Waals surface area contributed by atoms with Crippen molar-refractivity contribution in [3.05, 3.63) is 69.9 Å². The Bertz CT molecular complexity index is 1290.